The molecule has 5 rings (SSSR count). The number of aryl methyl sites for hydroxylation is 1. The Morgan fingerprint density at radius 3 is 2.52 bits per heavy atom. The summed E-state index contributed by atoms with van der Waals surface area (Å²) in [6, 6.07) is 15.0. The zero-order valence-corrected chi connectivity index (χ0v) is 15.9. The van der Waals surface area contributed by atoms with Crippen molar-refractivity contribution in [2.75, 3.05) is 0 Å². The predicted octanol–water partition coefficient (Wildman–Crippen LogP) is 5.29. The number of carbonyl (C=O) groups excluding carboxylic acids is 1. The van der Waals surface area contributed by atoms with Gasteiger partial charge in [0, 0.05) is 27.4 Å². The molecule has 0 saturated heterocycles. The molecule has 0 amide bonds. The van der Waals surface area contributed by atoms with E-state index in [4.69, 9.17) is 9.40 Å². The molecule has 4 nitrogen and oxygen atoms in total. The molecule has 0 fully saturated rings. The second-order valence-electron chi connectivity index (χ2n) is 6.70. The number of aromatic nitrogens is 1. The van der Waals surface area contributed by atoms with Gasteiger partial charge in [-0.05, 0) is 42.7 Å². The van der Waals surface area contributed by atoms with Gasteiger partial charge < -0.3 is 4.42 Å². The van der Waals surface area contributed by atoms with Gasteiger partial charge in [-0.1, -0.05) is 40.2 Å². The number of hydrogen-bond donors (Lipinski definition) is 0. The minimum atomic E-state index is -0.463. The highest BCUT2D eigenvalue weighted by Crippen LogP contribution is 2.37. The van der Waals surface area contributed by atoms with Crippen molar-refractivity contribution < 1.29 is 9.21 Å². The molecule has 5 heteroatoms. The van der Waals surface area contributed by atoms with E-state index < -0.39 is 5.63 Å². The van der Waals surface area contributed by atoms with Crippen molar-refractivity contribution in [2.45, 2.75) is 19.3 Å². The van der Waals surface area contributed by atoms with Crippen LogP contribution in [0.15, 0.2) is 62.2 Å². The third kappa shape index (κ3) is 2.53. The van der Waals surface area contributed by atoms with Crippen LogP contribution in [0.3, 0.4) is 0 Å². The van der Waals surface area contributed by atoms with E-state index in [-0.39, 0.29) is 5.78 Å². The fraction of sp³-hybridized carbons (Fsp3) is 0.136. The highest BCUT2D eigenvalue weighted by molar-refractivity contribution is 9.10. The number of rotatable bonds is 1. The van der Waals surface area contributed by atoms with Crippen molar-refractivity contribution in [2.24, 2.45) is 0 Å². The molecule has 0 aliphatic heterocycles. The van der Waals surface area contributed by atoms with Crippen LogP contribution in [0.1, 0.15) is 28.9 Å². The van der Waals surface area contributed by atoms with Gasteiger partial charge in [-0.3, -0.25) is 9.78 Å². The van der Waals surface area contributed by atoms with E-state index >= 15 is 0 Å². The summed E-state index contributed by atoms with van der Waals surface area (Å²) in [4.78, 5) is 30.5. The Labute approximate surface area is 163 Å². The first-order chi connectivity index (χ1) is 13.1. The van der Waals surface area contributed by atoms with Gasteiger partial charge in [-0.25, -0.2) is 4.79 Å². The number of Topliss-reactive ketones (excluding diaryl/α,β-unsaturated/α-hetero) is 1. The first-order valence-corrected chi connectivity index (χ1v) is 9.60. The summed E-state index contributed by atoms with van der Waals surface area (Å²) in [5, 5.41) is 1.16. The minimum absolute atomic E-state index is 0.0381. The van der Waals surface area contributed by atoms with Gasteiger partial charge in [-0.2, -0.15) is 0 Å². The Bertz CT molecular complexity index is 1290. The van der Waals surface area contributed by atoms with Crippen LogP contribution in [0.4, 0.5) is 0 Å². The lowest BCUT2D eigenvalue weighted by Gasteiger charge is -2.20. The second kappa shape index (κ2) is 6.13. The van der Waals surface area contributed by atoms with Crippen molar-refractivity contribution in [3.63, 3.8) is 0 Å². The number of hydrogen-bond acceptors (Lipinski definition) is 4. The summed E-state index contributed by atoms with van der Waals surface area (Å²) < 4.78 is 6.50. The molecule has 2 aromatic heterocycles. The maximum atomic E-state index is 12.9. The number of benzene rings is 2. The van der Waals surface area contributed by atoms with Crippen LogP contribution in [0, 0.1) is 0 Å². The molecule has 27 heavy (non-hydrogen) atoms. The minimum Gasteiger partial charge on any atom is -0.422 e. The number of halogens is 1. The Morgan fingerprint density at radius 2 is 1.70 bits per heavy atom. The molecule has 0 spiro atoms. The van der Waals surface area contributed by atoms with Gasteiger partial charge >= 0.3 is 5.63 Å². The van der Waals surface area contributed by atoms with Crippen molar-refractivity contribution in [1.82, 2.24) is 4.98 Å². The molecule has 4 aromatic rings. The smallest absolute Gasteiger partial charge is 0.346 e. The lowest BCUT2D eigenvalue weighted by Crippen LogP contribution is -2.17. The van der Waals surface area contributed by atoms with Crippen LogP contribution in [0.25, 0.3) is 33.0 Å². The first-order valence-electron chi connectivity index (χ1n) is 8.81. The normalized spacial score (nSPS) is 13.9. The van der Waals surface area contributed by atoms with E-state index in [1.54, 1.807) is 6.07 Å². The highest BCUT2D eigenvalue weighted by atomic mass is 79.9. The number of pyridine rings is 1. The van der Waals surface area contributed by atoms with E-state index in [0.29, 0.717) is 34.0 Å². The molecule has 0 unspecified atom stereocenters. The Hall–Kier alpha value is -2.79. The summed E-state index contributed by atoms with van der Waals surface area (Å²) in [6.45, 7) is 0. The van der Waals surface area contributed by atoms with E-state index in [0.717, 1.165) is 34.0 Å². The summed E-state index contributed by atoms with van der Waals surface area (Å²) in [5.74, 6) is 0.0381. The van der Waals surface area contributed by atoms with Crippen molar-refractivity contribution in [1.29, 1.82) is 0 Å². The molecule has 132 valence electrons. The van der Waals surface area contributed by atoms with E-state index in [1.807, 2.05) is 42.5 Å². The molecule has 0 bridgehead atoms. The van der Waals surface area contributed by atoms with E-state index in [9.17, 15) is 9.59 Å². The van der Waals surface area contributed by atoms with Gasteiger partial charge in [0.25, 0.3) is 0 Å². The van der Waals surface area contributed by atoms with Gasteiger partial charge in [0.15, 0.2) is 5.78 Å². The third-order valence-electron chi connectivity index (χ3n) is 5.05. The fourth-order valence-electron chi connectivity index (χ4n) is 3.86. The lowest BCUT2D eigenvalue weighted by atomic mass is 9.86. The number of carbonyl (C=O) groups is 1. The lowest BCUT2D eigenvalue weighted by molar-refractivity contribution is 0.0972. The van der Waals surface area contributed by atoms with Crippen LogP contribution >= 0.6 is 15.9 Å². The van der Waals surface area contributed by atoms with Crippen LogP contribution in [0.5, 0.6) is 0 Å². The van der Waals surface area contributed by atoms with Gasteiger partial charge in [-0.15, -0.1) is 0 Å². The Morgan fingerprint density at radius 1 is 0.926 bits per heavy atom. The van der Waals surface area contributed by atoms with Crippen LogP contribution in [0.2, 0.25) is 0 Å². The summed E-state index contributed by atoms with van der Waals surface area (Å²) in [7, 11) is 0. The molecule has 0 radical (unpaired) electrons. The van der Waals surface area contributed by atoms with Gasteiger partial charge in [0.2, 0.25) is 0 Å². The maximum Gasteiger partial charge on any atom is 0.346 e. The number of ketones is 1. The van der Waals surface area contributed by atoms with Crippen LogP contribution < -0.4 is 5.63 Å². The molecule has 0 N–H and O–H groups in total. The second-order valence-corrected chi connectivity index (χ2v) is 7.62. The maximum absolute atomic E-state index is 12.9. The Kier molecular flexibility index (Phi) is 3.72. The molecular weight excluding hydrogens is 406 g/mol. The highest BCUT2D eigenvalue weighted by Gasteiger charge is 2.27. The van der Waals surface area contributed by atoms with Crippen molar-refractivity contribution in [3.8, 4) is 11.1 Å². The van der Waals surface area contributed by atoms with Crippen LogP contribution in [-0.2, 0) is 6.42 Å². The van der Waals surface area contributed by atoms with E-state index in [2.05, 4.69) is 15.9 Å². The first kappa shape index (κ1) is 16.4. The molecule has 0 atom stereocenters. The number of para-hydroxylation sites is 1. The zero-order chi connectivity index (χ0) is 18.5. The standard InChI is InChI=1S/C22H14BrNO3/c23-13-10-8-12(9-11-13)18-19-15(5-3-6-16(19)25)24-21-14-4-1-2-7-17(14)27-22(26)20(18)21/h1-2,4,7-11H,3,5-6H2. The van der Waals surface area contributed by atoms with E-state index in [1.165, 1.54) is 0 Å². The summed E-state index contributed by atoms with van der Waals surface area (Å²) in [5.41, 5.74) is 3.45. The molecule has 0 saturated carbocycles. The molecule has 1 aliphatic rings. The predicted molar refractivity (Wildman–Crippen MR) is 108 cm³/mol. The zero-order valence-electron chi connectivity index (χ0n) is 14.3. The van der Waals surface area contributed by atoms with Gasteiger partial charge in [0.05, 0.1) is 16.6 Å². The third-order valence-corrected chi connectivity index (χ3v) is 5.58. The number of fused-ring (bicyclic) bond motifs is 4. The largest absolute Gasteiger partial charge is 0.422 e. The molecule has 2 heterocycles. The van der Waals surface area contributed by atoms with Crippen LogP contribution in [-0.4, -0.2) is 10.8 Å². The molecule has 1 aliphatic carbocycles. The van der Waals surface area contributed by atoms with Gasteiger partial charge in [0.1, 0.15) is 5.58 Å². The monoisotopic (exact) mass is 419 g/mol. The number of nitrogens with zero attached hydrogens (tertiary/aromatic N) is 1. The molecule has 2 aromatic carbocycles. The fourth-order valence-corrected chi connectivity index (χ4v) is 4.12. The van der Waals surface area contributed by atoms with Crippen molar-refractivity contribution >= 4 is 43.6 Å². The summed E-state index contributed by atoms with van der Waals surface area (Å²) in [6.07, 6.45) is 1.99. The average Bonchev–Trinajstić information content (AvgIpc) is 2.68. The Balaban J connectivity index is 2.03. The average molecular weight is 420 g/mol. The SMILES string of the molecule is O=C1CCCc2nc3c(c(-c4ccc(Br)cc4)c21)c(=O)oc1ccccc13. The molecular formula is C22H14BrNO3. The summed E-state index contributed by atoms with van der Waals surface area (Å²) >= 11 is 3.44. The topological polar surface area (TPSA) is 60.2 Å². The quantitative estimate of drug-likeness (QED) is 0.310. The van der Waals surface area contributed by atoms with Crippen molar-refractivity contribution in [3.05, 3.63) is 74.7 Å².